The monoisotopic (exact) mass is 586 g/mol. The van der Waals surface area contributed by atoms with Gasteiger partial charge < -0.3 is 44.6 Å². The van der Waals surface area contributed by atoms with Crippen LogP contribution in [-0.2, 0) is 20.9 Å². The van der Waals surface area contributed by atoms with E-state index in [1.54, 1.807) is 6.07 Å². The Morgan fingerprint density at radius 2 is 1.71 bits per heavy atom. The van der Waals surface area contributed by atoms with Crippen LogP contribution in [0.3, 0.4) is 0 Å². The van der Waals surface area contributed by atoms with E-state index >= 15 is 0 Å². The Balaban J connectivity index is 1.44. The minimum absolute atomic E-state index is 0.0589. The highest BCUT2D eigenvalue weighted by Gasteiger charge is 2.45. The molecule has 0 amide bonds. The lowest BCUT2D eigenvalue weighted by Crippen LogP contribution is -2.60. The zero-order valence-corrected chi connectivity index (χ0v) is 24.3. The molecule has 0 spiro atoms. The van der Waals surface area contributed by atoms with Crippen molar-refractivity contribution in [1.82, 2.24) is 9.96 Å². The molecule has 5 atom stereocenters. The molecule has 11 heteroatoms. The summed E-state index contributed by atoms with van der Waals surface area (Å²) in [5.41, 5.74) is 4.38. The van der Waals surface area contributed by atoms with Crippen molar-refractivity contribution in [3.63, 3.8) is 0 Å². The highest BCUT2D eigenvalue weighted by Crippen LogP contribution is 2.43. The van der Waals surface area contributed by atoms with Crippen molar-refractivity contribution in [2.24, 2.45) is 0 Å². The molecule has 230 valence electrons. The third kappa shape index (κ3) is 6.43. The molecule has 0 aromatic heterocycles. The molecule has 2 aromatic carbocycles. The average molecular weight is 587 g/mol. The first-order chi connectivity index (χ1) is 20.2. The van der Waals surface area contributed by atoms with Crippen LogP contribution in [0.2, 0.25) is 0 Å². The molecule has 5 rings (SSSR count). The Kier molecular flexibility index (Phi) is 9.70. The first kappa shape index (κ1) is 30.7. The number of hydrogen-bond donors (Lipinski definition) is 5. The molecule has 2 aromatic rings. The lowest BCUT2D eigenvalue weighted by Gasteiger charge is -2.39. The summed E-state index contributed by atoms with van der Waals surface area (Å²) in [5.74, 6) is 0.650. The van der Waals surface area contributed by atoms with Crippen molar-refractivity contribution in [2.45, 2.75) is 63.9 Å². The fraction of sp³-hybridized carbons (Fsp3) is 0.548. The van der Waals surface area contributed by atoms with E-state index in [9.17, 15) is 25.5 Å². The predicted molar refractivity (Wildman–Crippen MR) is 154 cm³/mol. The number of hydrogen-bond acceptors (Lipinski definition) is 11. The average Bonchev–Trinajstić information content (AvgIpc) is 3.42. The van der Waals surface area contributed by atoms with Crippen molar-refractivity contribution in [3.05, 3.63) is 58.7 Å². The molecule has 5 N–H and O–H groups in total. The van der Waals surface area contributed by atoms with Crippen molar-refractivity contribution in [3.8, 4) is 11.5 Å². The van der Waals surface area contributed by atoms with Crippen LogP contribution >= 0.6 is 0 Å². The zero-order valence-electron chi connectivity index (χ0n) is 24.3. The van der Waals surface area contributed by atoms with Gasteiger partial charge in [0, 0.05) is 37.8 Å². The van der Waals surface area contributed by atoms with Gasteiger partial charge in [-0.2, -0.15) is 0 Å². The second-order valence-electron chi connectivity index (χ2n) is 11.3. The Morgan fingerprint density at radius 3 is 2.36 bits per heavy atom. The lowest BCUT2D eigenvalue weighted by molar-refractivity contribution is -0.277. The maximum Gasteiger partial charge on any atom is 0.229 e. The number of morpholine rings is 1. The Hall–Kier alpha value is -2.74. The molecule has 3 aliphatic heterocycles. The second-order valence-corrected chi connectivity index (χ2v) is 11.3. The lowest BCUT2D eigenvalue weighted by atomic mass is 9.94. The molecular weight excluding hydrogens is 544 g/mol. The van der Waals surface area contributed by atoms with Crippen LogP contribution in [0.1, 0.15) is 48.9 Å². The molecule has 11 nitrogen and oxygen atoms in total. The number of aliphatic hydroxyl groups excluding tert-OH is 4. The van der Waals surface area contributed by atoms with E-state index < -0.39 is 37.3 Å². The number of likely N-dealkylation sites (N-methyl/N-ethyl adjacent to an activating group) is 1. The molecule has 3 heterocycles. The molecule has 2 fully saturated rings. The summed E-state index contributed by atoms with van der Waals surface area (Å²) < 4.78 is 16.9. The molecule has 3 aliphatic rings. The largest absolute Gasteiger partial charge is 0.507 e. The molecular formula is C31H42N2O9. The van der Waals surface area contributed by atoms with E-state index in [4.69, 9.17) is 19.0 Å². The number of phenolic OH excluding ortho intramolecular Hbond substituents is 1. The molecule has 42 heavy (non-hydrogen) atoms. The van der Waals surface area contributed by atoms with E-state index in [0.29, 0.717) is 30.0 Å². The van der Waals surface area contributed by atoms with Gasteiger partial charge in [-0.1, -0.05) is 38.1 Å². The number of ether oxygens (including phenoxy) is 3. The second kappa shape index (κ2) is 13.3. The summed E-state index contributed by atoms with van der Waals surface area (Å²) in [4.78, 5) is 8.60. The van der Waals surface area contributed by atoms with Gasteiger partial charge in [0.1, 0.15) is 35.9 Å². The summed E-state index contributed by atoms with van der Waals surface area (Å²) >= 11 is 0. The SMILES string of the molecule is CCN1CC(c2ccc(CN3CCOCC3)cc2)=C(c2cc(C(C)C)c(O[C@@H]3O[C@H](CO)[C@H](O)[C@H](O)[C@H]3O)cc2O)O1. The smallest absolute Gasteiger partial charge is 0.229 e. The fourth-order valence-electron chi connectivity index (χ4n) is 5.51. The molecule has 2 saturated heterocycles. The number of aliphatic hydroxyl groups is 4. The van der Waals surface area contributed by atoms with Crippen LogP contribution in [0.15, 0.2) is 36.4 Å². The molecule has 0 unspecified atom stereocenters. The number of rotatable bonds is 9. The van der Waals surface area contributed by atoms with Gasteiger partial charge in [-0.25, -0.2) is 0 Å². The summed E-state index contributed by atoms with van der Waals surface area (Å²) in [6.45, 7) is 10.8. The summed E-state index contributed by atoms with van der Waals surface area (Å²) in [6.07, 6.45) is -7.11. The minimum atomic E-state index is -1.57. The minimum Gasteiger partial charge on any atom is -0.507 e. The molecule has 0 saturated carbocycles. The Bertz CT molecular complexity index is 1240. The number of phenols is 1. The van der Waals surface area contributed by atoms with Crippen molar-refractivity contribution >= 4 is 11.3 Å². The van der Waals surface area contributed by atoms with Crippen LogP contribution in [0.25, 0.3) is 11.3 Å². The van der Waals surface area contributed by atoms with Gasteiger partial charge in [0.05, 0.1) is 31.9 Å². The molecule has 0 aliphatic carbocycles. The standard InChI is InChI=1S/C31H42N2O9/c1-4-33-16-23(20-7-5-19(6-8-20)15-32-9-11-39-12-10-32)30(42-33)22-13-21(18(2)3)25(14-24(22)35)40-31-29(38)28(37)27(36)26(17-34)41-31/h5-8,13-14,18,26-29,31,34-38H,4,9-12,15-17H2,1-3H3/t26-,27+,28+,29-,31-/m1/s1. The predicted octanol–water partition coefficient (Wildman–Crippen LogP) is 1.66. The molecule has 0 radical (unpaired) electrons. The zero-order chi connectivity index (χ0) is 30.0. The van der Waals surface area contributed by atoms with Gasteiger partial charge in [-0.15, -0.1) is 5.06 Å². The number of benzene rings is 2. The van der Waals surface area contributed by atoms with Gasteiger partial charge >= 0.3 is 0 Å². The Labute approximate surface area is 246 Å². The first-order valence-corrected chi connectivity index (χ1v) is 14.6. The number of nitrogens with zero attached hydrogens (tertiary/aromatic N) is 2. The first-order valence-electron chi connectivity index (χ1n) is 14.6. The van der Waals surface area contributed by atoms with Crippen molar-refractivity contribution < 1.29 is 44.6 Å². The van der Waals surface area contributed by atoms with Gasteiger partial charge in [-0.3, -0.25) is 4.90 Å². The van der Waals surface area contributed by atoms with Crippen LogP contribution in [-0.4, -0.2) is 112 Å². The number of hydroxylamine groups is 2. The fourth-order valence-corrected chi connectivity index (χ4v) is 5.51. The third-order valence-corrected chi connectivity index (χ3v) is 8.08. The van der Waals surface area contributed by atoms with Crippen LogP contribution < -0.4 is 4.74 Å². The van der Waals surface area contributed by atoms with Crippen LogP contribution in [0.4, 0.5) is 0 Å². The topological polar surface area (TPSA) is 145 Å². The van der Waals surface area contributed by atoms with Gasteiger partial charge in [0.15, 0.2) is 5.76 Å². The van der Waals surface area contributed by atoms with E-state index in [2.05, 4.69) is 29.2 Å². The molecule has 0 bridgehead atoms. The van der Waals surface area contributed by atoms with Gasteiger partial charge in [-0.05, 0) is 35.6 Å². The highest BCUT2D eigenvalue weighted by atomic mass is 16.7. The van der Waals surface area contributed by atoms with E-state index in [1.165, 1.54) is 11.6 Å². The van der Waals surface area contributed by atoms with Crippen LogP contribution in [0.5, 0.6) is 11.5 Å². The van der Waals surface area contributed by atoms with Gasteiger partial charge in [0.25, 0.3) is 0 Å². The van der Waals surface area contributed by atoms with Gasteiger partial charge in [0.2, 0.25) is 6.29 Å². The van der Waals surface area contributed by atoms with Crippen LogP contribution in [0, 0.1) is 0 Å². The van der Waals surface area contributed by atoms with E-state index in [-0.39, 0.29) is 17.4 Å². The highest BCUT2D eigenvalue weighted by molar-refractivity contribution is 5.91. The maximum absolute atomic E-state index is 11.2. The third-order valence-electron chi connectivity index (χ3n) is 8.08. The Morgan fingerprint density at radius 1 is 1.00 bits per heavy atom. The van der Waals surface area contributed by atoms with E-state index in [0.717, 1.165) is 44.0 Å². The summed E-state index contributed by atoms with van der Waals surface area (Å²) in [7, 11) is 0. The quantitative estimate of drug-likeness (QED) is 0.293. The normalized spacial score (nSPS) is 27.5. The van der Waals surface area contributed by atoms with Crippen molar-refractivity contribution in [2.75, 3.05) is 46.0 Å². The maximum atomic E-state index is 11.2. The summed E-state index contributed by atoms with van der Waals surface area (Å²) in [6, 6.07) is 11.7. The summed E-state index contributed by atoms with van der Waals surface area (Å²) in [5, 5.41) is 53.4. The van der Waals surface area contributed by atoms with Crippen molar-refractivity contribution in [1.29, 1.82) is 0 Å². The van der Waals surface area contributed by atoms with E-state index in [1.807, 2.05) is 25.8 Å². The number of aromatic hydroxyl groups is 1.